The maximum absolute atomic E-state index is 12.6. The van der Waals surface area contributed by atoms with Crippen molar-refractivity contribution in [2.24, 2.45) is 0 Å². The molecule has 10 nitrogen and oxygen atoms in total. The Morgan fingerprint density at radius 3 is 2.39 bits per heavy atom. The number of sulfonamides is 1. The van der Waals surface area contributed by atoms with Crippen LogP contribution in [0.1, 0.15) is 19.8 Å². The summed E-state index contributed by atoms with van der Waals surface area (Å²) in [4.78, 5) is 34.6. The van der Waals surface area contributed by atoms with Crippen molar-refractivity contribution in [1.82, 2.24) is 5.32 Å². The molecule has 1 amide bonds. The number of carbonyl (C=O) groups excluding carboxylic acids is 3. The molecule has 0 aliphatic carbocycles. The van der Waals surface area contributed by atoms with Gasteiger partial charge in [-0.05, 0) is 49.1 Å². The van der Waals surface area contributed by atoms with Crippen LogP contribution in [0.5, 0.6) is 5.75 Å². The van der Waals surface area contributed by atoms with Gasteiger partial charge in [-0.15, -0.1) is 11.3 Å². The maximum atomic E-state index is 12.6. The third-order valence-electron chi connectivity index (χ3n) is 4.22. The molecule has 0 fully saturated rings. The van der Waals surface area contributed by atoms with Gasteiger partial charge in [-0.3, -0.25) is 13.9 Å². The Morgan fingerprint density at radius 2 is 1.76 bits per heavy atom. The highest BCUT2D eigenvalue weighted by Gasteiger charge is 2.22. The first-order valence-corrected chi connectivity index (χ1v) is 12.4. The van der Waals surface area contributed by atoms with Crippen molar-refractivity contribution >= 4 is 44.9 Å². The minimum absolute atomic E-state index is 0.191. The first-order valence-electron chi connectivity index (χ1n) is 10.1. The lowest BCUT2D eigenvalue weighted by Gasteiger charge is -2.18. The summed E-state index contributed by atoms with van der Waals surface area (Å²) in [5, 5.41) is 4.22. The van der Waals surface area contributed by atoms with Crippen molar-refractivity contribution in [3.05, 3.63) is 41.8 Å². The molecule has 1 aromatic heterocycles. The van der Waals surface area contributed by atoms with Gasteiger partial charge < -0.3 is 19.5 Å². The van der Waals surface area contributed by atoms with E-state index in [-0.39, 0.29) is 23.1 Å². The third kappa shape index (κ3) is 8.39. The fourth-order valence-electron chi connectivity index (χ4n) is 2.51. The molecular weight excluding hydrogens is 472 g/mol. The molecule has 0 aliphatic heterocycles. The standard InChI is InChI=1S/C21H26N2O8S2/c1-3-29-19(25)6-4-12-22-18(24)14-31-20(26)15-30-17-10-8-16(9-11-17)23(2)33(27,28)21-7-5-13-32-21/h5,7-11,13H,3-4,6,12,14-15H2,1-2H3,(H,22,24). The monoisotopic (exact) mass is 498 g/mol. The van der Waals surface area contributed by atoms with Crippen molar-refractivity contribution in [3.63, 3.8) is 0 Å². The van der Waals surface area contributed by atoms with E-state index in [1.54, 1.807) is 30.5 Å². The molecule has 2 aromatic rings. The van der Waals surface area contributed by atoms with Crippen LogP contribution in [-0.4, -0.2) is 59.7 Å². The summed E-state index contributed by atoms with van der Waals surface area (Å²) >= 11 is 1.13. The molecule has 0 spiro atoms. The number of hydrogen-bond donors (Lipinski definition) is 1. The Kier molecular flexibility index (Phi) is 10.1. The van der Waals surface area contributed by atoms with E-state index in [0.717, 1.165) is 15.6 Å². The normalized spacial score (nSPS) is 10.8. The number of hydrogen-bond acceptors (Lipinski definition) is 9. The molecule has 0 unspecified atom stereocenters. The molecule has 0 atom stereocenters. The van der Waals surface area contributed by atoms with Crippen molar-refractivity contribution < 1.29 is 37.0 Å². The Morgan fingerprint density at radius 1 is 1.03 bits per heavy atom. The molecule has 0 saturated carbocycles. The predicted molar refractivity (Wildman–Crippen MR) is 122 cm³/mol. The molecular formula is C21H26N2O8S2. The Bertz CT molecular complexity index is 1020. The Labute approximate surface area is 196 Å². The van der Waals surface area contributed by atoms with Crippen molar-refractivity contribution in [3.8, 4) is 5.75 Å². The summed E-state index contributed by atoms with van der Waals surface area (Å²) < 4.78 is 41.4. The topological polar surface area (TPSA) is 128 Å². The summed E-state index contributed by atoms with van der Waals surface area (Å²) in [5.74, 6) is -1.23. The van der Waals surface area contributed by atoms with E-state index >= 15 is 0 Å². The highest BCUT2D eigenvalue weighted by molar-refractivity contribution is 7.94. The number of ether oxygens (including phenoxy) is 3. The van der Waals surface area contributed by atoms with Gasteiger partial charge in [0.2, 0.25) is 0 Å². The predicted octanol–water partition coefficient (Wildman–Crippen LogP) is 1.95. The van der Waals surface area contributed by atoms with E-state index < -0.39 is 35.1 Å². The second kappa shape index (κ2) is 12.8. The SMILES string of the molecule is CCOC(=O)CCCNC(=O)COC(=O)COc1ccc(N(C)S(=O)(=O)c2cccs2)cc1. The molecule has 180 valence electrons. The van der Waals surface area contributed by atoms with Gasteiger partial charge in [-0.25, -0.2) is 13.2 Å². The summed E-state index contributed by atoms with van der Waals surface area (Å²) in [7, 11) is -2.19. The van der Waals surface area contributed by atoms with E-state index in [4.69, 9.17) is 14.2 Å². The number of carbonyl (C=O) groups is 3. The summed E-state index contributed by atoms with van der Waals surface area (Å²) in [6.07, 6.45) is 0.609. The lowest BCUT2D eigenvalue weighted by atomic mass is 10.3. The van der Waals surface area contributed by atoms with Crippen molar-refractivity contribution in [2.45, 2.75) is 24.0 Å². The van der Waals surface area contributed by atoms with Crippen LogP contribution in [0.2, 0.25) is 0 Å². The van der Waals surface area contributed by atoms with E-state index in [9.17, 15) is 22.8 Å². The molecule has 2 rings (SSSR count). The van der Waals surface area contributed by atoms with Crippen LogP contribution in [0, 0.1) is 0 Å². The van der Waals surface area contributed by atoms with Gasteiger partial charge in [0.05, 0.1) is 12.3 Å². The molecule has 12 heteroatoms. The first-order chi connectivity index (χ1) is 15.7. The first kappa shape index (κ1) is 26.1. The fourth-order valence-corrected chi connectivity index (χ4v) is 4.87. The highest BCUT2D eigenvalue weighted by Crippen LogP contribution is 2.26. The second-order valence-corrected chi connectivity index (χ2v) is 9.75. The maximum Gasteiger partial charge on any atom is 0.344 e. The number of nitrogens with zero attached hydrogens (tertiary/aromatic N) is 1. The number of rotatable bonds is 13. The number of esters is 2. The minimum atomic E-state index is -3.64. The molecule has 33 heavy (non-hydrogen) atoms. The van der Waals surface area contributed by atoms with Gasteiger partial charge in [0.1, 0.15) is 9.96 Å². The number of amides is 1. The molecule has 1 N–H and O–H groups in total. The van der Waals surface area contributed by atoms with Crippen LogP contribution >= 0.6 is 11.3 Å². The molecule has 1 heterocycles. The van der Waals surface area contributed by atoms with Crippen LogP contribution < -0.4 is 14.4 Å². The van der Waals surface area contributed by atoms with Gasteiger partial charge in [0.15, 0.2) is 13.2 Å². The smallest absolute Gasteiger partial charge is 0.344 e. The van der Waals surface area contributed by atoms with Gasteiger partial charge >= 0.3 is 11.9 Å². The van der Waals surface area contributed by atoms with Gasteiger partial charge in [-0.2, -0.15) is 0 Å². The Hall–Kier alpha value is -3.12. The highest BCUT2D eigenvalue weighted by atomic mass is 32.2. The van der Waals surface area contributed by atoms with Gasteiger partial charge in [0.25, 0.3) is 15.9 Å². The summed E-state index contributed by atoms with van der Waals surface area (Å²) in [6, 6.07) is 9.35. The van der Waals surface area contributed by atoms with E-state index in [0.29, 0.717) is 24.5 Å². The number of thiophene rings is 1. The molecule has 0 radical (unpaired) electrons. The molecule has 0 saturated heterocycles. The summed E-state index contributed by atoms with van der Waals surface area (Å²) in [6.45, 7) is 1.40. The molecule has 0 aliphatic rings. The quantitative estimate of drug-likeness (QED) is 0.328. The van der Waals surface area contributed by atoms with Crippen LogP contribution in [0.25, 0.3) is 0 Å². The average Bonchev–Trinajstić information content (AvgIpc) is 3.35. The lowest BCUT2D eigenvalue weighted by molar-refractivity contribution is -0.150. The number of benzene rings is 1. The molecule has 0 bridgehead atoms. The van der Waals surface area contributed by atoms with Crippen LogP contribution in [-0.2, 0) is 33.9 Å². The van der Waals surface area contributed by atoms with E-state index in [1.165, 1.54) is 25.2 Å². The van der Waals surface area contributed by atoms with Crippen LogP contribution in [0.3, 0.4) is 0 Å². The second-order valence-electron chi connectivity index (χ2n) is 6.61. The Balaban J connectivity index is 1.70. The van der Waals surface area contributed by atoms with Crippen molar-refractivity contribution in [2.75, 3.05) is 37.7 Å². The zero-order chi connectivity index (χ0) is 24.3. The third-order valence-corrected chi connectivity index (χ3v) is 7.37. The van der Waals surface area contributed by atoms with Crippen molar-refractivity contribution in [1.29, 1.82) is 0 Å². The van der Waals surface area contributed by atoms with E-state index in [1.807, 2.05) is 0 Å². The summed E-state index contributed by atoms with van der Waals surface area (Å²) in [5.41, 5.74) is 0.429. The lowest BCUT2D eigenvalue weighted by Crippen LogP contribution is -2.30. The minimum Gasteiger partial charge on any atom is -0.482 e. The van der Waals surface area contributed by atoms with E-state index in [2.05, 4.69) is 5.32 Å². The van der Waals surface area contributed by atoms with Crippen LogP contribution in [0.15, 0.2) is 46.0 Å². The fraction of sp³-hybridized carbons (Fsp3) is 0.381. The average molecular weight is 499 g/mol. The van der Waals surface area contributed by atoms with Gasteiger partial charge in [0, 0.05) is 20.0 Å². The zero-order valence-electron chi connectivity index (χ0n) is 18.3. The van der Waals surface area contributed by atoms with Gasteiger partial charge in [-0.1, -0.05) is 6.07 Å². The zero-order valence-corrected chi connectivity index (χ0v) is 19.9. The number of nitrogens with one attached hydrogen (secondary N) is 1. The van der Waals surface area contributed by atoms with Crippen LogP contribution in [0.4, 0.5) is 5.69 Å². The number of anilines is 1. The molecule has 1 aromatic carbocycles. The largest absolute Gasteiger partial charge is 0.482 e.